The predicted octanol–water partition coefficient (Wildman–Crippen LogP) is 6.25. The number of morpholine rings is 1. The summed E-state index contributed by atoms with van der Waals surface area (Å²) >= 11 is 0. The summed E-state index contributed by atoms with van der Waals surface area (Å²) in [4.78, 5) is 39.1. The molecule has 5 aromatic rings. The van der Waals surface area contributed by atoms with Crippen LogP contribution in [0.25, 0.3) is 33.4 Å². The van der Waals surface area contributed by atoms with Gasteiger partial charge in [0, 0.05) is 48.0 Å². The highest BCUT2D eigenvalue weighted by molar-refractivity contribution is 6.00. The van der Waals surface area contributed by atoms with Gasteiger partial charge in [-0.3, -0.25) is 4.79 Å². The summed E-state index contributed by atoms with van der Waals surface area (Å²) < 4.78 is 35.6. The van der Waals surface area contributed by atoms with Crippen LogP contribution in [0.3, 0.4) is 0 Å². The lowest BCUT2D eigenvalue weighted by Crippen LogP contribution is -2.37. The first-order valence-electron chi connectivity index (χ1n) is 14.1. The SMILES string of the molecule is CC(=O)Cc1ccc(NC(=O)Nc2ccc(-c3nc(N4CCOCC4)c4ccc(-c5cccnc5F)cc4n3)c(F)c2)cc1. The van der Waals surface area contributed by atoms with Crippen LogP contribution in [-0.2, 0) is 16.0 Å². The highest BCUT2D eigenvalue weighted by atomic mass is 19.1. The van der Waals surface area contributed by atoms with Crippen molar-refractivity contribution in [2.24, 2.45) is 0 Å². The van der Waals surface area contributed by atoms with Crippen LogP contribution < -0.4 is 15.5 Å². The number of ketones is 1. The number of pyridine rings is 1. The first-order valence-corrected chi connectivity index (χ1v) is 14.1. The van der Waals surface area contributed by atoms with E-state index in [1.165, 1.54) is 25.3 Å². The molecule has 2 N–H and O–H groups in total. The summed E-state index contributed by atoms with van der Waals surface area (Å²) in [5, 5.41) is 6.07. The van der Waals surface area contributed by atoms with Gasteiger partial charge in [-0.05, 0) is 72.6 Å². The Bertz CT molecular complexity index is 1860. The summed E-state index contributed by atoms with van der Waals surface area (Å²) in [7, 11) is 0. The van der Waals surface area contributed by atoms with Gasteiger partial charge in [0.1, 0.15) is 17.4 Å². The van der Waals surface area contributed by atoms with Gasteiger partial charge in [-0.1, -0.05) is 18.2 Å². The molecule has 0 unspecified atom stereocenters. The highest BCUT2D eigenvalue weighted by Gasteiger charge is 2.20. The van der Waals surface area contributed by atoms with Crippen LogP contribution in [0.4, 0.5) is 30.8 Å². The monoisotopic (exact) mass is 594 g/mol. The Morgan fingerprint density at radius 3 is 2.36 bits per heavy atom. The molecule has 0 radical (unpaired) electrons. The van der Waals surface area contributed by atoms with Crippen molar-refractivity contribution in [2.45, 2.75) is 13.3 Å². The Kier molecular flexibility index (Phi) is 8.20. The van der Waals surface area contributed by atoms with Gasteiger partial charge in [0.25, 0.3) is 0 Å². The fourth-order valence-corrected chi connectivity index (χ4v) is 5.08. The van der Waals surface area contributed by atoms with Crippen LogP contribution in [-0.4, -0.2) is 53.1 Å². The van der Waals surface area contributed by atoms with E-state index in [2.05, 4.69) is 25.5 Å². The number of urea groups is 1. The van der Waals surface area contributed by atoms with Crippen molar-refractivity contribution in [1.82, 2.24) is 15.0 Å². The number of amides is 2. The van der Waals surface area contributed by atoms with Gasteiger partial charge in [-0.25, -0.2) is 24.1 Å². The van der Waals surface area contributed by atoms with E-state index >= 15 is 4.39 Å². The van der Waals surface area contributed by atoms with Crippen molar-refractivity contribution < 1.29 is 23.1 Å². The third kappa shape index (κ3) is 6.37. The van der Waals surface area contributed by atoms with E-state index in [-0.39, 0.29) is 22.9 Å². The van der Waals surface area contributed by atoms with Crippen LogP contribution in [0, 0.1) is 11.8 Å². The molecule has 1 aliphatic rings. The summed E-state index contributed by atoms with van der Waals surface area (Å²) in [6.07, 6.45) is 1.70. The number of hydrogen-bond acceptors (Lipinski definition) is 7. The molecule has 2 amide bonds. The Balaban J connectivity index is 1.29. The van der Waals surface area contributed by atoms with Gasteiger partial charge in [-0.15, -0.1) is 0 Å². The quantitative estimate of drug-likeness (QED) is 0.215. The minimum atomic E-state index is -0.627. The van der Waals surface area contributed by atoms with Crippen molar-refractivity contribution >= 4 is 39.9 Å². The smallest absolute Gasteiger partial charge is 0.323 e. The molecule has 222 valence electrons. The fraction of sp³-hybridized carbons (Fsp3) is 0.182. The minimum absolute atomic E-state index is 0.0465. The number of anilines is 3. The maximum atomic E-state index is 15.6. The van der Waals surface area contributed by atoms with Crippen molar-refractivity contribution in [1.29, 1.82) is 0 Å². The molecule has 9 nitrogen and oxygen atoms in total. The standard InChI is InChI=1S/C33H28F2N6O3/c1-20(42)17-21-4-7-23(8-5-21)37-33(43)38-24-9-11-26(28(34)19-24)31-39-29-18-22(25-3-2-12-36-30(25)35)6-10-27(29)32(40-31)41-13-15-44-16-14-41/h2-12,18-19H,13-17H2,1H3,(H2,37,38,43). The Labute approximate surface area is 251 Å². The summed E-state index contributed by atoms with van der Waals surface area (Å²) in [6, 6.07) is 19.3. The van der Waals surface area contributed by atoms with Gasteiger partial charge in [0.2, 0.25) is 5.95 Å². The van der Waals surface area contributed by atoms with E-state index in [0.29, 0.717) is 60.9 Å². The number of benzene rings is 3. The van der Waals surface area contributed by atoms with E-state index in [0.717, 1.165) is 10.9 Å². The molecular formula is C33H28F2N6O3. The van der Waals surface area contributed by atoms with Crippen LogP contribution in [0.1, 0.15) is 12.5 Å². The number of nitrogens with one attached hydrogen (secondary N) is 2. The summed E-state index contributed by atoms with van der Waals surface area (Å²) in [5.74, 6) is -0.398. The largest absolute Gasteiger partial charge is 0.378 e. The summed E-state index contributed by atoms with van der Waals surface area (Å²) in [6.45, 7) is 3.77. The van der Waals surface area contributed by atoms with Crippen LogP contribution in [0.15, 0.2) is 79.0 Å². The van der Waals surface area contributed by atoms with E-state index in [1.807, 2.05) is 6.07 Å². The van der Waals surface area contributed by atoms with E-state index in [9.17, 15) is 14.0 Å². The second-order valence-electron chi connectivity index (χ2n) is 10.4. The molecule has 1 aliphatic heterocycles. The first kappa shape index (κ1) is 28.8. The molecule has 6 rings (SSSR count). The minimum Gasteiger partial charge on any atom is -0.378 e. The number of rotatable bonds is 7. The van der Waals surface area contributed by atoms with Gasteiger partial charge in [0.15, 0.2) is 5.82 Å². The molecular weight excluding hydrogens is 566 g/mol. The number of carbonyl (C=O) groups is 2. The summed E-state index contributed by atoms with van der Waals surface area (Å²) in [5.41, 5.74) is 3.18. The average molecular weight is 595 g/mol. The lowest BCUT2D eigenvalue weighted by atomic mass is 10.0. The second-order valence-corrected chi connectivity index (χ2v) is 10.4. The maximum Gasteiger partial charge on any atom is 0.323 e. The lowest BCUT2D eigenvalue weighted by Gasteiger charge is -2.29. The number of halogens is 2. The molecule has 44 heavy (non-hydrogen) atoms. The van der Waals surface area contributed by atoms with Crippen LogP contribution >= 0.6 is 0 Å². The molecule has 11 heteroatoms. The molecule has 2 aromatic heterocycles. The molecule has 0 spiro atoms. The third-order valence-electron chi connectivity index (χ3n) is 7.19. The van der Waals surface area contributed by atoms with Gasteiger partial charge in [0.05, 0.1) is 24.3 Å². The number of fused-ring (bicyclic) bond motifs is 1. The molecule has 0 aliphatic carbocycles. The molecule has 0 saturated carbocycles. The maximum absolute atomic E-state index is 15.6. The predicted molar refractivity (Wildman–Crippen MR) is 165 cm³/mol. The normalized spacial score (nSPS) is 13.1. The third-order valence-corrected chi connectivity index (χ3v) is 7.19. The lowest BCUT2D eigenvalue weighted by molar-refractivity contribution is -0.116. The molecule has 3 heterocycles. The molecule has 0 bridgehead atoms. The van der Waals surface area contributed by atoms with E-state index in [1.54, 1.807) is 54.6 Å². The molecule has 1 fully saturated rings. The van der Waals surface area contributed by atoms with Crippen molar-refractivity contribution in [2.75, 3.05) is 41.8 Å². The topological polar surface area (TPSA) is 109 Å². The average Bonchev–Trinajstić information content (AvgIpc) is 3.01. The fourth-order valence-electron chi connectivity index (χ4n) is 5.08. The number of carbonyl (C=O) groups excluding carboxylic acids is 2. The number of nitrogens with zero attached hydrogens (tertiary/aromatic N) is 4. The van der Waals surface area contributed by atoms with Gasteiger partial charge < -0.3 is 20.3 Å². The first-order chi connectivity index (χ1) is 21.3. The van der Waals surface area contributed by atoms with Crippen LogP contribution in [0.2, 0.25) is 0 Å². The van der Waals surface area contributed by atoms with E-state index < -0.39 is 17.8 Å². The Hall–Kier alpha value is -5.29. The number of ether oxygens (including phenoxy) is 1. The highest BCUT2D eigenvalue weighted by Crippen LogP contribution is 2.33. The van der Waals surface area contributed by atoms with Gasteiger partial charge in [-0.2, -0.15) is 4.39 Å². The number of Topliss-reactive ketones (excluding diaryl/α,β-unsaturated/α-hetero) is 1. The number of aromatic nitrogens is 3. The zero-order valence-corrected chi connectivity index (χ0v) is 23.8. The zero-order valence-electron chi connectivity index (χ0n) is 23.8. The number of hydrogen-bond donors (Lipinski definition) is 2. The van der Waals surface area contributed by atoms with Crippen molar-refractivity contribution in [3.63, 3.8) is 0 Å². The van der Waals surface area contributed by atoms with Crippen LogP contribution in [0.5, 0.6) is 0 Å². The molecule has 3 aromatic carbocycles. The molecule has 0 atom stereocenters. The molecule has 1 saturated heterocycles. The van der Waals surface area contributed by atoms with Crippen molar-refractivity contribution in [3.05, 3.63) is 96.3 Å². The Morgan fingerprint density at radius 2 is 1.64 bits per heavy atom. The zero-order chi connectivity index (χ0) is 30.6. The Morgan fingerprint density at radius 1 is 0.886 bits per heavy atom. The van der Waals surface area contributed by atoms with Crippen molar-refractivity contribution in [3.8, 4) is 22.5 Å². The van der Waals surface area contributed by atoms with E-state index in [4.69, 9.17) is 9.72 Å². The second kappa shape index (κ2) is 12.5. The van der Waals surface area contributed by atoms with Gasteiger partial charge >= 0.3 is 6.03 Å².